The van der Waals surface area contributed by atoms with Gasteiger partial charge in [0.2, 0.25) is 0 Å². The summed E-state index contributed by atoms with van der Waals surface area (Å²) in [6.45, 7) is 7.76. The first-order valence-corrected chi connectivity index (χ1v) is 11.9. The number of hydrogen-bond acceptors (Lipinski definition) is 5. The maximum absolute atomic E-state index is 13.2. The van der Waals surface area contributed by atoms with Crippen molar-refractivity contribution in [2.45, 2.75) is 38.0 Å². The van der Waals surface area contributed by atoms with E-state index in [9.17, 15) is 13.2 Å². The average molecular weight is 465 g/mol. The van der Waals surface area contributed by atoms with Crippen LogP contribution in [0.1, 0.15) is 38.8 Å². The molecule has 0 spiro atoms. The van der Waals surface area contributed by atoms with Gasteiger partial charge in [0.1, 0.15) is 6.54 Å². The summed E-state index contributed by atoms with van der Waals surface area (Å²) in [4.78, 5) is 16.8. The van der Waals surface area contributed by atoms with Crippen molar-refractivity contribution >= 4 is 27.3 Å². The Morgan fingerprint density at radius 1 is 1.00 bits per heavy atom. The van der Waals surface area contributed by atoms with Crippen LogP contribution in [0.4, 0.5) is 5.69 Å². The Morgan fingerprint density at radius 2 is 1.67 bits per heavy atom. The number of hydrogen-bond donors (Lipinski definition) is 1. The molecule has 33 heavy (non-hydrogen) atoms. The highest BCUT2D eigenvalue weighted by Gasteiger charge is 2.27. The minimum Gasteiger partial charge on any atom is -0.271 e. The van der Waals surface area contributed by atoms with Gasteiger partial charge in [-0.05, 0) is 47.7 Å². The van der Waals surface area contributed by atoms with Crippen LogP contribution in [0.2, 0.25) is 0 Å². The van der Waals surface area contributed by atoms with Gasteiger partial charge in [-0.2, -0.15) is 5.10 Å². The smallest absolute Gasteiger partial charge is 0.264 e. The molecule has 0 aliphatic carbocycles. The van der Waals surface area contributed by atoms with Crippen LogP contribution >= 0.6 is 0 Å². The Morgan fingerprint density at radius 3 is 2.24 bits per heavy atom. The number of hydrazone groups is 1. The Labute approximate surface area is 195 Å². The van der Waals surface area contributed by atoms with Gasteiger partial charge in [0.15, 0.2) is 0 Å². The van der Waals surface area contributed by atoms with Crippen LogP contribution in [0.15, 0.2) is 89.1 Å². The van der Waals surface area contributed by atoms with Crippen molar-refractivity contribution in [1.29, 1.82) is 0 Å². The van der Waals surface area contributed by atoms with E-state index in [2.05, 4.69) is 36.3 Å². The Kier molecular flexibility index (Phi) is 7.28. The summed E-state index contributed by atoms with van der Waals surface area (Å²) in [6.07, 6.45) is 2.94. The lowest BCUT2D eigenvalue weighted by atomic mass is 9.86. The number of anilines is 1. The van der Waals surface area contributed by atoms with E-state index in [0.29, 0.717) is 5.71 Å². The van der Waals surface area contributed by atoms with Gasteiger partial charge in [0.05, 0.1) is 22.5 Å². The van der Waals surface area contributed by atoms with Gasteiger partial charge in [-0.25, -0.2) is 13.8 Å². The Hall–Kier alpha value is -3.52. The van der Waals surface area contributed by atoms with Gasteiger partial charge in [0, 0.05) is 6.20 Å². The molecule has 172 valence electrons. The van der Waals surface area contributed by atoms with Crippen molar-refractivity contribution in [2.75, 3.05) is 10.8 Å². The third kappa shape index (κ3) is 6.04. The second-order valence-corrected chi connectivity index (χ2v) is 10.5. The van der Waals surface area contributed by atoms with Crippen LogP contribution in [0.25, 0.3) is 0 Å². The fourth-order valence-electron chi connectivity index (χ4n) is 3.12. The summed E-state index contributed by atoms with van der Waals surface area (Å²) in [7, 11) is -3.97. The quantitative estimate of drug-likeness (QED) is 0.421. The van der Waals surface area contributed by atoms with Gasteiger partial charge in [-0.15, -0.1) is 0 Å². The predicted molar refractivity (Wildman–Crippen MR) is 131 cm³/mol. The van der Waals surface area contributed by atoms with E-state index in [1.54, 1.807) is 37.3 Å². The molecule has 8 heteroatoms. The Balaban J connectivity index is 1.79. The van der Waals surface area contributed by atoms with Crippen molar-refractivity contribution in [3.63, 3.8) is 0 Å². The van der Waals surface area contributed by atoms with Crippen LogP contribution in [-0.4, -0.2) is 31.6 Å². The highest BCUT2D eigenvalue weighted by atomic mass is 32.2. The molecule has 3 aromatic rings. The topological polar surface area (TPSA) is 91.7 Å². The third-order valence-corrected chi connectivity index (χ3v) is 6.86. The van der Waals surface area contributed by atoms with E-state index in [-0.39, 0.29) is 16.0 Å². The summed E-state index contributed by atoms with van der Waals surface area (Å²) in [5.74, 6) is -0.566. The van der Waals surface area contributed by atoms with Gasteiger partial charge in [-0.1, -0.05) is 63.2 Å². The molecular weight excluding hydrogens is 436 g/mol. The number of rotatable bonds is 7. The summed E-state index contributed by atoms with van der Waals surface area (Å²) >= 11 is 0. The van der Waals surface area contributed by atoms with Gasteiger partial charge >= 0.3 is 0 Å². The molecule has 3 rings (SSSR count). The number of benzene rings is 2. The normalized spacial score (nSPS) is 12.3. The molecule has 0 saturated heterocycles. The molecule has 0 radical (unpaired) electrons. The van der Waals surface area contributed by atoms with Crippen LogP contribution in [0, 0.1) is 0 Å². The number of amides is 1. The van der Waals surface area contributed by atoms with Crippen molar-refractivity contribution in [1.82, 2.24) is 10.4 Å². The second-order valence-electron chi connectivity index (χ2n) is 8.60. The molecule has 7 nitrogen and oxygen atoms in total. The number of nitrogens with zero attached hydrogens (tertiary/aromatic N) is 3. The lowest BCUT2D eigenvalue weighted by Crippen LogP contribution is -2.39. The number of carbonyl (C=O) groups excluding carboxylic acids is 1. The van der Waals surface area contributed by atoms with Gasteiger partial charge < -0.3 is 0 Å². The zero-order valence-electron chi connectivity index (χ0n) is 19.2. The fraction of sp³-hybridized carbons (Fsp3) is 0.240. The van der Waals surface area contributed by atoms with Crippen LogP contribution in [0.5, 0.6) is 0 Å². The lowest BCUT2D eigenvalue weighted by Gasteiger charge is -2.23. The highest BCUT2D eigenvalue weighted by molar-refractivity contribution is 7.92. The van der Waals surface area contributed by atoms with Crippen LogP contribution < -0.4 is 9.73 Å². The van der Waals surface area contributed by atoms with E-state index in [0.717, 1.165) is 9.87 Å². The zero-order chi connectivity index (χ0) is 24.1. The number of sulfonamides is 1. The minimum atomic E-state index is -3.97. The van der Waals surface area contributed by atoms with Crippen molar-refractivity contribution in [3.8, 4) is 0 Å². The standard InChI is InChI=1S/C25H28N4O3S/c1-19(20-12-14-21(15-13-20)25(2,3)4)27-28-24(30)18-29(22-9-8-16-26-17-22)33(31,32)23-10-6-5-7-11-23/h5-17H,18H2,1-4H3,(H,28,30)/b27-19-. The zero-order valence-corrected chi connectivity index (χ0v) is 20.0. The highest BCUT2D eigenvalue weighted by Crippen LogP contribution is 2.23. The summed E-state index contributed by atoms with van der Waals surface area (Å²) < 4.78 is 27.5. The molecule has 1 heterocycles. The second kappa shape index (κ2) is 9.95. The number of nitrogens with one attached hydrogen (secondary N) is 1. The molecular formula is C25H28N4O3S. The van der Waals surface area contributed by atoms with E-state index < -0.39 is 22.5 Å². The van der Waals surface area contributed by atoms with E-state index in [1.807, 2.05) is 24.3 Å². The number of aromatic nitrogens is 1. The van der Waals surface area contributed by atoms with Crippen molar-refractivity contribution < 1.29 is 13.2 Å². The monoisotopic (exact) mass is 464 g/mol. The molecule has 1 amide bonds. The molecule has 0 saturated carbocycles. The first kappa shape index (κ1) is 24.1. The van der Waals surface area contributed by atoms with Crippen LogP contribution in [0.3, 0.4) is 0 Å². The first-order chi connectivity index (χ1) is 15.6. The largest absolute Gasteiger partial charge is 0.271 e. The molecule has 0 unspecified atom stereocenters. The third-order valence-electron chi connectivity index (χ3n) is 5.07. The molecule has 0 fully saturated rings. The van der Waals surface area contributed by atoms with Gasteiger partial charge in [-0.3, -0.25) is 14.1 Å². The van der Waals surface area contributed by atoms with Crippen LogP contribution in [-0.2, 0) is 20.2 Å². The predicted octanol–water partition coefficient (Wildman–Crippen LogP) is 4.11. The molecule has 0 aliphatic heterocycles. The maximum atomic E-state index is 13.2. The fourth-order valence-corrected chi connectivity index (χ4v) is 4.55. The number of pyridine rings is 1. The maximum Gasteiger partial charge on any atom is 0.264 e. The van der Waals surface area contributed by atoms with Crippen molar-refractivity contribution in [2.24, 2.45) is 5.10 Å². The van der Waals surface area contributed by atoms with E-state index in [1.165, 1.54) is 30.1 Å². The summed E-state index contributed by atoms with van der Waals surface area (Å²) in [5.41, 5.74) is 5.47. The molecule has 0 aliphatic rings. The lowest BCUT2D eigenvalue weighted by molar-refractivity contribution is -0.119. The number of carbonyl (C=O) groups is 1. The van der Waals surface area contributed by atoms with E-state index in [4.69, 9.17) is 0 Å². The van der Waals surface area contributed by atoms with E-state index >= 15 is 0 Å². The molecule has 1 N–H and O–H groups in total. The first-order valence-electron chi connectivity index (χ1n) is 10.5. The molecule has 1 aromatic heterocycles. The molecule has 0 atom stereocenters. The van der Waals surface area contributed by atoms with Gasteiger partial charge in [0.25, 0.3) is 15.9 Å². The molecule has 2 aromatic carbocycles. The summed E-state index contributed by atoms with van der Waals surface area (Å²) in [6, 6.07) is 19.1. The molecule has 0 bridgehead atoms. The van der Waals surface area contributed by atoms with Crippen molar-refractivity contribution in [3.05, 3.63) is 90.3 Å². The average Bonchev–Trinajstić information content (AvgIpc) is 2.81. The summed E-state index contributed by atoms with van der Waals surface area (Å²) in [5, 5.41) is 4.17. The minimum absolute atomic E-state index is 0.0395. The SMILES string of the molecule is C/C(=N/NC(=O)CN(c1cccnc1)S(=O)(=O)c1ccccc1)c1ccc(C(C)(C)C)cc1. The Bertz CT molecular complexity index is 1220.